The van der Waals surface area contributed by atoms with Crippen LogP contribution in [0.25, 0.3) is 0 Å². The van der Waals surface area contributed by atoms with Crippen molar-refractivity contribution in [3.63, 3.8) is 0 Å². The molecule has 21 heavy (non-hydrogen) atoms. The minimum Gasteiger partial charge on any atom is -0.496 e. The van der Waals surface area contributed by atoms with Crippen LogP contribution in [0.3, 0.4) is 0 Å². The summed E-state index contributed by atoms with van der Waals surface area (Å²) in [5, 5.41) is 3.63. The Labute approximate surface area is 131 Å². The molecule has 1 aromatic carbocycles. The molecule has 2 nitrogen and oxygen atoms in total. The van der Waals surface area contributed by atoms with Crippen molar-refractivity contribution < 1.29 is 4.74 Å². The number of hydrogen-bond acceptors (Lipinski definition) is 3. The minimum atomic E-state index is 0.238. The van der Waals surface area contributed by atoms with E-state index >= 15 is 0 Å². The zero-order chi connectivity index (χ0) is 14.7. The normalized spacial score (nSPS) is 15.5. The second kappa shape index (κ2) is 6.63. The fourth-order valence-electron chi connectivity index (χ4n) is 3.13. The van der Waals surface area contributed by atoms with Gasteiger partial charge in [0.25, 0.3) is 0 Å². The van der Waals surface area contributed by atoms with E-state index in [4.69, 9.17) is 4.74 Å². The van der Waals surface area contributed by atoms with Gasteiger partial charge in [0.1, 0.15) is 5.75 Å². The fraction of sp³-hybridized carbons (Fsp3) is 0.444. The van der Waals surface area contributed by atoms with E-state index in [0.29, 0.717) is 0 Å². The van der Waals surface area contributed by atoms with Crippen molar-refractivity contribution in [1.29, 1.82) is 0 Å². The highest BCUT2D eigenvalue weighted by molar-refractivity contribution is 7.12. The summed E-state index contributed by atoms with van der Waals surface area (Å²) in [7, 11) is 1.75. The lowest BCUT2D eigenvalue weighted by molar-refractivity contribution is 0.404. The summed E-state index contributed by atoms with van der Waals surface area (Å²) in [6.45, 7) is 3.11. The van der Waals surface area contributed by atoms with Gasteiger partial charge in [-0.25, -0.2) is 0 Å². The lowest BCUT2D eigenvalue weighted by atomic mass is 9.97. The predicted molar refractivity (Wildman–Crippen MR) is 89.5 cm³/mol. The second-order valence-electron chi connectivity index (χ2n) is 5.54. The molecule has 1 aliphatic rings. The van der Waals surface area contributed by atoms with Crippen molar-refractivity contribution in [1.82, 2.24) is 5.32 Å². The van der Waals surface area contributed by atoms with Crippen LogP contribution >= 0.6 is 11.3 Å². The van der Waals surface area contributed by atoms with Crippen molar-refractivity contribution in [2.24, 2.45) is 0 Å². The topological polar surface area (TPSA) is 21.3 Å². The van der Waals surface area contributed by atoms with Crippen LogP contribution in [-0.4, -0.2) is 13.7 Å². The molecule has 1 heterocycles. The first-order valence-electron chi connectivity index (χ1n) is 7.81. The molecule has 2 aromatic rings. The predicted octanol–water partition coefficient (Wildman–Crippen LogP) is 4.33. The summed E-state index contributed by atoms with van der Waals surface area (Å²) in [5.41, 5.74) is 2.81. The Bertz CT molecular complexity index is 582. The van der Waals surface area contributed by atoms with Crippen LogP contribution in [0, 0.1) is 0 Å². The first kappa shape index (κ1) is 14.6. The van der Waals surface area contributed by atoms with Crippen molar-refractivity contribution in [2.45, 2.75) is 38.6 Å². The highest BCUT2D eigenvalue weighted by Gasteiger charge is 2.22. The number of para-hydroxylation sites is 1. The summed E-state index contributed by atoms with van der Waals surface area (Å²) in [6, 6.07) is 11.0. The SMILES string of the molecule is CCNC(c1cc2c(s1)CCCC2)c1ccccc1OC. The summed E-state index contributed by atoms with van der Waals surface area (Å²) in [4.78, 5) is 3.02. The average molecular weight is 301 g/mol. The van der Waals surface area contributed by atoms with E-state index in [1.807, 2.05) is 23.5 Å². The van der Waals surface area contributed by atoms with Gasteiger partial charge in [0.2, 0.25) is 0 Å². The first-order valence-corrected chi connectivity index (χ1v) is 8.63. The van der Waals surface area contributed by atoms with E-state index in [1.165, 1.54) is 36.1 Å². The molecular weight excluding hydrogens is 278 g/mol. The van der Waals surface area contributed by atoms with Crippen molar-refractivity contribution >= 4 is 11.3 Å². The van der Waals surface area contributed by atoms with Gasteiger partial charge in [-0.3, -0.25) is 0 Å². The molecule has 1 unspecified atom stereocenters. The number of hydrogen-bond donors (Lipinski definition) is 1. The van der Waals surface area contributed by atoms with Gasteiger partial charge in [0.05, 0.1) is 13.2 Å². The number of nitrogens with one attached hydrogen (secondary N) is 1. The molecule has 0 radical (unpaired) electrons. The van der Waals surface area contributed by atoms with Crippen LogP contribution in [0.15, 0.2) is 30.3 Å². The van der Waals surface area contributed by atoms with Gasteiger partial charge in [0.15, 0.2) is 0 Å². The molecule has 1 aliphatic carbocycles. The Morgan fingerprint density at radius 3 is 2.81 bits per heavy atom. The molecule has 112 valence electrons. The van der Waals surface area contributed by atoms with Gasteiger partial charge in [0, 0.05) is 15.3 Å². The Kier molecular flexibility index (Phi) is 4.61. The van der Waals surface area contributed by atoms with E-state index in [9.17, 15) is 0 Å². The molecule has 1 atom stereocenters. The van der Waals surface area contributed by atoms with Crippen LogP contribution < -0.4 is 10.1 Å². The summed E-state index contributed by atoms with van der Waals surface area (Å²) < 4.78 is 5.56. The maximum atomic E-state index is 5.56. The number of fused-ring (bicyclic) bond motifs is 1. The number of ether oxygens (including phenoxy) is 1. The van der Waals surface area contributed by atoms with Crippen LogP contribution in [-0.2, 0) is 12.8 Å². The summed E-state index contributed by atoms with van der Waals surface area (Å²) in [6.07, 6.45) is 5.18. The van der Waals surface area contributed by atoms with Gasteiger partial charge in [-0.15, -0.1) is 11.3 Å². The standard InChI is InChI=1S/C18H23NOS/c1-3-19-18(14-9-5-6-10-15(14)20-2)17-12-13-8-4-7-11-16(13)21-17/h5-6,9-10,12,18-19H,3-4,7-8,11H2,1-2H3. The fourth-order valence-corrected chi connectivity index (χ4v) is 4.48. The number of benzene rings is 1. The maximum absolute atomic E-state index is 5.56. The lowest BCUT2D eigenvalue weighted by Gasteiger charge is -2.19. The van der Waals surface area contributed by atoms with Gasteiger partial charge in [-0.05, 0) is 49.9 Å². The molecule has 0 fully saturated rings. The molecule has 0 aliphatic heterocycles. The summed E-state index contributed by atoms with van der Waals surface area (Å²) >= 11 is 1.98. The zero-order valence-electron chi connectivity index (χ0n) is 12.8. The van der Waals surface area contributed by atoms with Gasteiger partial charge in [-0.2, -0.15) is 0 Å². The van der Waals surface area contributed by atoms with Crippen molar-refractivity contribution in [2.75, 3.05) is 13.7 Å². The van der Waals surface area contributed by atoms with Gasteiger partial charge >= 0.3 is 0 Å². The molecule has 0 spiro atoms. The first-order chi connectivity index (χ1) is 10.3. The number of methoxy groups -OCH3 is 1. The molecule has 0 amide bonds. The quantitative estimate of drug-likeness (QED) is 0.887. The van der Waals surface area contributed by atoms with Crippen LogP contribution in [0.4, 0.5) is 0 Å². The number of aryl methyl sites for hydroxylation is 2. The highest BCUT2D eigenvalue weighted by Crippen LogP contribution is 2.37. The zero-order valence-corrected chi connectivity index (χ0v) is 13.6. The van der Waals surface area contributed by atoms with Crippen LogP contribution in [0.2, 0.25) is 0 Å². The molecular formula is C18H23NOS. The lowest BCUT2D eigenvalue weighted by Crippen LogP contribution is -2.21. The Balaban J connectivity index is 1.99. The third-order valence-electron chi connectivity index (χ3n) is 4.16. The Hall–Kier alpha value is -1.32. The minimum absolute atomic E-state index is 0.238. The second-order valence-corrected chi connectivity index (χ2v) is 6.71. The smallest absolute Gasteiger partial charge is 0.124 e. The molecule has 1 N–H and O–H groups in total. The van der Waals surface area contributed by atoms with E-state index in [2.05, 4.69) is 30.4 Å². The number of thiophene rings is 1. The third-order valence-corrected chi connectivity index (χ3v) is 5.46. The van der Waals surface area contributed by atoms with Crippen molar-refractivity contribution in [3.8, 4) is 5.75 Å². The van der Waals surface area contributed by atoms with Crippen LogP contribution in [0.1, 0.15) is 46.7 Å². The maximum Gasteiger partial charge on any atom is 0.124 e. The summed E-state index contributed by atoms with van der Waals surface area (Å²) in [5.74, 6) is 0.967. The molecule has 0 bridgehead atoms. The highest BCUT2D eigenvalue weighted by atomic mass is 32.1. The Morgan fingerprint density at radius 1 is 1.24 bits per heavy atom. The molecule has 0 saturated carbocycles. The molecule has 1 aromatic heterocycles. The molecule has 3 rings (SSSR count). The van der Waals surface area contributed by atoms with Crippen molar-refractivity contribution in [3.05, 3.63) is 51.2 Å². The van der Waals surface area contributed by atoms with E-state index in [-0.39, 0.29) is 6.04 Å². The average Bonchev–Trinajstić information content (AvgIpc) is 2.96. The monoisotopic (exact) mass is 301 g/mol. The number of rotatable bonds is 5. The van der Waals surface area contributed by atoms with Crippen LogP contribution in [0.5, 0.6) is 5.75 Å². The molecule has 3 heteroatoms. The third kappa shape index (κ3) is 2.99. The van der Waals surface area contributed by atoms with Gasteiger partial charge < -0.3 is 10.1 Å². The van der Waals surface area contributed by atoms with E-state index in [1.54, 1.807) is 17.6 Å². The molecule has 0 saturated heterocycles. The largest absolute Gasteiger partial charge is 0.496 e. The van der Waals surface area contributed by atoms with E-state index in [0.717, 1.165) is 12.3 Å². The van der Waals surface area contributed by atoms with E-state index < -0.39 is 0 Å². The Morgan fingerprint density at radius 2 is 2.05 bits per heavy atom. The van der Waals surface area contributed by atoms with Gasteiger partial charge in [-0.1, -0.05) is 25.1 Å².